The Hall–Kier alpha value is -2.63. The fourth-order valence-electron chi connectivity index (χ4n) is 1.56. The minimum absolute atomic E-state index is 0.0300. The molecule has 0 aliphatic carbocycles. The van der Waals surface area contributed by atoms with Gasteiger partial charge in [-0.1, -0.05) is 0 Å². The van der Waals surface area contributed by atoms with Gasteiger partial charge < -0.3 is 9.84 Å². The van der Waals surface area contributed by atoms with Crippen LogP contribution in [-0.4, -0.2) is 51.5 Å². The predicted octanol–water partition coefficient (Wildman–Crippen LogP) is -0.266. The molecule has 11 nitrogen and oxygen atoms in total. The molecule has 0 aromatic carbocycles. The van der Waals surface area contributed by atoms with Crippen LogP contribution in [0.1, 0.15) is 23.1 Å². The highest BCUT2D eigenvalue weighted by Crippen LogP contribution is 2.20. The minimum Gasteiger partial charge on any atom is -0.476 e. The molecule has 0 radical (unpaired) electrons. The van der Waals surface area contributed by atoms with Crippen molar-refractivity contribution in [3.63, 3.8) is 0 Å². The first-order valence-electron chi connectivity index (χ1n) is 5.71. The van der Waals surface area contributed by atoms with Crippen molar-refractivity contribution < 1.29 is 23.1 Å². The molecule has 2 aromatic heterocycles. The summed E-state index contributed by atoms with van der Waals surface area (Å²) < 4.78 is 31.5. The molecule has 2 heterocycles. The molecule has 0 amide bonds. The number of hydrogen-bond donors (Lipinski definition) is 4. The van der Waals surface area contributed by atoms with Crippen molar-refractivity contribution in [3.8, 4) is 6.01 Å². The van der Waals surface area contributed by atoms with Gasteiger partial charge in [-0.3, -0.25) is 5.10 Å². The number of carbonyl (C=O) groups is 1. The van der Waals surface area contributed by atoms with Crippen LogP contribution in [0.2, 0.25) is 0 Å². The average molecular weight is 316 g/mol. The molecule has 12 heteroatoms. The van der Waals surface area contributed by atoms with Gasteiger partial charge in [0.2, 0.25) is 5.95 Å². The molecule has 2 aromatic rings. The fourth-order valence-corrected chi connectivity index (χ4v) is 2.84. The number of carboxylic acid groups (broad SMARTS) is 1. The smallest absolute Gasteiger partial charge is 0.357 e. The molecule has 0 saturated carbocycles. The first kappa shape index (κ1) is 14.8. The Morgan fingerprint density at radius 3 is 2.71 bits per heavy atom. The van der Waals surface area contributed by atoms with E-state index in [-0.39, 0.29) is 17.7 Å². The second-order valence-corrected chi connectivity index (χ2v) is 5.46. The number of H-pyrrole nitrogens is 2. The van der Waals surface area contributed by atoms with E-state index in [1.54, 1.807) is 6.92 Å². The number of aryl methyl sites for hydroxylation is 1. The number of nitrogens with one attached hydrogen (secondary N) is 3. The van der Waals surface area contributed by atoms with Crippen LogP contribution in [0.25, 0.3) is 0 Å². The summed E-state index contributed by atoms with van der Waals surface area (Å²) in [5.41, 5.74) is -0.519. The van der Waals surface area contributed by atoms with E-state index >= 15 is 0 Å². The molecule has 0 atom stereocenters. The maximum Gasteiger partial charge on any atom is 0.357 e. The van der Waals surface area contributed by atoms with Crippen LogP contribution >= 0.6 is 0 Å². The van der Waals surface area contributed by atoms with Crippen LogP contribution in [0.5, 0.6) is 6.01 Å². The van der Waals surface area contributed by atoms with Crippen LogP contribution in [0, 0.1) is 6.92 Å². The third-order valence-corrected chi connectivity index (χ3v) is 3.83. The van der Waals surface area contributed by atoms with E-state index in [9.17, 15) is 13.2 Å². The number of rotatable bonds is 6. The monoisotopic (exact) mass is 316 g/mol. The predicted molar refractivity (Wildman–Crippen MR) is 68.6 cm³/mol. The minimum atomic E-state index is -4.19. The van der Waals surface area contributed by atoms with Crippen molar-refractivity contribution in [2.24, 2.45) is 0 Å². The lowest BCUT2D eigenvalue weighted by Crippen LogP contribution is -2.17. The number of ether oxygens (including phenoxy) is 1. The zero-order valence-corrected chi connectivity index (χ0v) is 11.9. The third kappa shape index (κ3) is 2.94. The van der Waals surface area contributed by atoms with E-state index < -0.39 is 26.6 Å². The number of anilines is 1. The van der Waals surface area contributed by atoms with Gasteiger partial charge in [0, 0.05) is 0 Å². The number of aromatic nitrogens is 5. The molecule has 0 aliphatic rings. The summed E-state index contributed by atoms with van der Waals surface area (Å²) in [6.07, 6.45) is 0. The van der Waals surface area contributed by atoms with E-state index in [1.807, 2.05) is 0 Å². The summed E-state index contributed by atoms with van der Waals surface area (Å²) in [6, 6.07) is -0.0300. The van der Waals surface area contributed by atoms with Crippen molar-refractivity contribution in [3.05, 3.63) is 11.4 Å². The highest BCUT2D eigenvalue weighted by molar-refractivity contribution is 7.92. The fraction of sp³-hybridized carbons (Fsp3) is 0.333. The lowest BCUT2D eigenvalue weighted by Gasteiger charge is -2.04. The first-order valence-corrected chi connectivity index (χ1v) is 7.19. The molecule has 0 bridgehead atoms. The van der Waals surface area contributed by atoms with Crippen LogP contribution in [0.3, 0.4) is 0 Å². The van der Waals surface area contributed by atoms with Gasteiger partial charge in [0.1, 0.15) is 4.90 Å². The average Bonchev–Trinajstić information content (AvgIpc) is 2.96. The Labute approximate surface area is 118 Å². The van der Waals surface area contributed by atoms with Gasteiger partial charge in [-0.25, -0.2) is 23.0 Å². The lowest BCUT2D eigenvalue weighted by atomic mass is 10.4. The maximum absolute atomic E-state index is 12.2. The van der Waals surface area contributed by atoms with Crippen LogP contribution in [0.4, 0.5) is 5.95 Å². The molecular formula is C9H12N6O5S. The van der Waals surface area contributed by atoms with Gasteiger partial charge in [-0.15, -0.1) is 5.10 Å². The van der Waals surface area contributed by atoms with Gasteiger partial charge in [-0.2, -0.15) is 10.1 Å². The highest BCUT2D eigenvalue weighted by Gasteiger charge is 2.29. The first-order chi connectivity index (χ1) is 9.85. The summed E-state index contributed by atoms with van der Waals surface area (Å²) >= 11 is 0. The quantitative estimate of drug-likeness (QED) is 0.566. The summed E-state index contributed by atoms with van der Waals surface area (Å²) in [5, 5.41) is 20.7. The zero-order valence-electron chi connectivity index (χ0n) is 11.0. The van der Waals surface area contributed by atoms with E-state index in [4.69, 9.17) is 9.84 Å². The SMILES string of the molecule is CCOc1n[nH]c(NS(=O)(=O)c2c(C(=O)O)n[nH]c2C)n1. The van der Waals surface area contributed by atoms with Crippen molar-refractivity contribution in [1.82, 2.24) is 25.4 Å². The van der Waals surface area contributed by atoms with Crippen LogP contribution in [-0.2, 0) is 10.0 Å². The van der Waals surface area contributed by atoms with Crippen LogP contribution < -0.4 is 9.46 Å². The van der Waals surface area contributed by atoms with Crippen molar-refractivity contribution in [2.75, 3.05) is 11.3 Å². The Morgan fingerprint density at radius 1 is 1.38 bits per heavy atom. The number of aromatic carboxylic acids is 1. The molecule has 0 fully saturated rings. The van der Waals surface area contributed by atoms with Gasteiger partial charge in [0.25, 0.3) is 10.0 Å². The van der Waals surface area contributed by atoms with E-state index in [0.29, 0.717) is 6.61 Å². The Kier molecular flexibility index (Phi) is 3.80. The molecular weight excluding hydrogens is 304 g/mol. The van der Waals surface area contributed by atoms with Gasteiger partial charge in [0.15, 0.2) is 5.69 Å². The Balaban J connectivity index is 2.34. The summed E-state index contributed by atoms with van der Waals surface area (Å²) in [5.74, 6) is -1.66. The molecule has 4 N–H and O–H groups in total. The second-order valence-electron chi connectivity index (χ2n) is 3.84. The van der Waals surface area contributed by atoms with Crippen LogP contribution in [0.15, 0.2) is 4.90 Å². The van der Waals surface area contributed by atoms with Crippen molar-refractivity contribution in [1.29, 1.82) is 0 Å². The number of aromatic amines is 2. The molecule has 21 heavy (non-hydrogen) atoms. The van der Waals surface area contributed by atoms with Gasteiger partial charge >= 0.3 is 12.0 Å². The van der Waals surface area contributed by atoms with E-state index in [2.05, 4.69) is 30.1 Å². The molecule has 2 rings (SSSR count). The number of hydrogen-bond acceptors (Lipinski definition) is 7. The van der Waals surface area contributed by atoms with Crippen molar-refractivity contribution >= 4 is 21.9 Å². The van der Waals surface area contributed by atoms with Gasteiger partial charge in [0.05, 0.1) is 12.3 Å². The topological polar surface area (TPSA) is 163 Å². The summed E-state index contributed by atoms with van der Waals surface area (Å²) in [6.45, 7) is 3.42. The van der Waals surface area contributed by atoms with E-state index in [0.717, 1.165) is 0 Å². The second kappa shape index (κ2) is 5.40. The Morgan fingerprint density at radius 2 is 2.10 bits per heavy atom. The molecule has 0 saturated heterocycles. The normalized spacial score (nSPS) is 11.3. The largest absolute Gasteiger partial charge is 0.476 e. The molecule has 114 valence electrons. The lowest BCUT2D eigenvalue weighted by molar-refractivity contribution is 0.0686. The molecule has 0 unspecified atom stereocenters. The third-order valence-electron chi connectivity index (χ3n) is 2.33. The number of carboxylic acids is 1. The van der Waals surface area contributed by atoms with Gasteiger partial charge in [-0.05, 0) is 13.8 Å². The maximum atomic E-state index is 12.2. The summed E-state index contributed by atoms with van der Waals surface area (Å²) in [7, 11) is -4.19. The number of sulfonamides is 1. The molecule has 0 spiro atoms. The Bertz CT molecular complexity index is 763. The summed E-state index contributed by atoms with van der Waals surface area (Å²) in [4.78, 5) is 14.3. The highest BCUT2D eigenvalue weighted by atomic mass is 32.2. The number of nitrogens with zero attached hydrogens (tertiary/aromatic N) is 3. The van der Waals surface area contributed by atoms with E-state index in [1.165, 1.54) is 6.92 Å². The zero-order chi connectivity index (χ0) is 15.6. The molecule has 0 aliphatic heterocycles. The van der Waals surface area contributed by atoms with Crippen molar-refractivity contribution in [2.45, 2.75) is 18.7 Å². The standard InChI is InChI=1S/C9H12N6O5S/c1-3-20-9-10-8(13-14-9)15-21(18,19)6-4(2)11-12-5(6)7(16)17/h3H2,1-2H3,(H,11,12)(H,16,17)(H2,10,13,14,15).